The van der Waals surface area contributed by atoms with Crippen molar-refractivity contribution in [3.8, 4) is 0 Å². The molecule has 0 amide bonds. The van der Waals surface area contributed by atoms with Crippen molar-refractivity contribution in [1.29, 1.82) is 0 Å². The molecule has 9 heteroatoms. The Labute approximate surface area is 143 Å². The van der Waals surface area contributed by atoms with Crippen LogP contribution in [0.15, 0.2) is 6.33 Å². The third kappa shape index (κ3) is 3.99. The fourth-order valence-electron chi connectivity index (χ4n) is 2.34. The van der Waals surface area contributed by atoms with E-state index in [4.69, 9.17) is 9.47 Å². The van der Waals surface area contributed by atoms with Crippen LogP contribution in [-0.4, -0.2) is 72.8 Å². The minimum atomic E-state index is -0.422. The molecule has 2 N–H and O–H groups in total. The van der Waals surface area contributed by atoms with E-state index >= 15 is 0 Å². The van der Waals surface area contributed by atoms with Gasteiger partial charge in [-0.1, -0.05) is 0 Å². The Morgan fingerprint density at radius 3 is 2.58 bits per heavy atom. The molecular weight excluding hydrogens is 334 g/mol. The Bertz CT molecular complexity index is 685. The van der Waals surface area contributed by atoms with Gasteiger partial charge in [0.05, 0.1) is 25.2 Å². The fraction of sp³-hybridized carbons (Fsp3) is 0.533. The molecule has 24 heavy (non-hydrogen) atoms. The largest absolute Gasteiger partial charge is 0.459 e. The molecule has 2 aromatic rings. The summed E-state index contributed by atoms with van der Waals surface area (Å²) in [5.74, 6) is 0.169. The highest BCUT2D eigenvalue weighted by atomic mass is 32.1. The van der Waals surface area contributed by atoms with Crippen LogP contribution in [0.3, 0.4) is 0 Å². The molecule has 0 aliphatic rings. The van der Waals surface area contributed by atoms with Crippen molar-refractivity contribution in [2.75, 3.05) is 51.5 Å². The van der Waals surface area contributed by atoms with Crippen molar-refractivity contribution in [2.24, 2.45) is 0 Å². The predicted octanol–water partition coefficient (Wildman–Crippen LogP) is 0.594. The molecule has 2 rings (SSSR count). The summed E-state index contributed by atoms with van der Waals surface area (Å²) in [6.07, 6.45) is 1.41. The number of aryl methyl sites for hydroxylation is 1. The molecule has 0 radical (unpaired) electrons. The van der Waals surface area contributed by atoms with Gasteiger partial charge in [-0.25, -0.2) is 14.8 Å². The lowest BCUT2D eigenvalue weighted by atomic mass is 10.2. The topological polar surface area (TPSA) is 105 Å². The van der Waals surface area contributed by atoms with Crippen LogP contribution in [0.2, 0.25) is 0 Å². The molecule has 0 aliphatic carbocycles. The SMILES string of the molecule is COCCOC(=O)c1sc2ncnc(N(CCO)CCO)c2c1C. The van der Waals surface area contributed by atoms with Gasteiger partial charge < -0.3 is 24.6 Å². The number of hydrogen-bond acceptors (Lipinski definition) is 9. The molecule has 132 valence electrons. The summed E-state index contributed by atoms with van der Waals surface area (Å²) in [6, 6.07) is 0. The van der Waals surface area contributed by atoms with Gasteiger partial charge in [-0.3, -0.25) is 0 Å². The van der Waals surface area contributed by atoms with E-state index in [1.807, 2.05) is 6.92 Å². The second-order valence-electron chi connectivity index (χ2n) is 5.00. The summed E-state index contributed by atoms with van der Waals surface area (Å²) in [5.41, 5.74) is 0.730. The Balaban J connectivity index is 2.39. The highest BCUT2D eigenvalue weighted by molar-refractivity contribution is 7.20. The summed E-state index contributed by atoms with van der Waals surface area (Å²) in [4.78, 5) is 23.6. The van der Waals surface area contributed by atoms with Crippen LogP contribution in [0.25, 0.3) is 10.2 Å². The van der Waals surface area contributed by atoms with Gasteiger partial charge in [0.2, 0.25) is 0 Å². The number of methoxy groups -OCH3 is 1. The molecule has 8 nitrogen and oxygen atoms in total. The molecule has 0 saturated carbocycles. The molecule has 0 spiro atoms. The average Bonchev–Trinajstić information content (AvgIpc) is 2.92. The monoisotopic (exact) mass is 355 g/mol. The van der Waals surface area contributed by atoms with Crippen LogP contribution in [0.1, 0.15) is 15.2 Å². The zero-order valence-corrected chi connectivity index (χ0v) is 14.5. The second-order valence-corrected chi connectivity index (χ2v) is 6.00. The van der Waals surface area contributed by atoms with Crippen LogP contribution in [0.4, 0.5) is 5.82 Å². The molecule has 0 saturated heterocycles. The van der Waals surface area contributed by atoms with Gasteiger partial charge in [-0.05, 0) is 12.5 Å². The third-order valence-corrected chi connectivity index (χ3v) is 4.63. The van der Waals surface area contributed by atoms with Crippen molar-refractivity contribution in [2.45, 2.75) is 6.92 Å². The van der Waals surface area contributed by atoms with E-state index in [1.54, 1.807) is 4.90 Å². The first-order chi connectivity index (χ1) is 11.6. The standard InChI is InChI=1S/C15H21N3O5S/c1-10-11-13(18(3-5-19)4-6-20)16-9-17-14(11)24-12(10)15(21)23-8-7-22-2/h9,19-20H,3-8H2,1-2H3. The lowest BCUT2D eigenvalue weighted by molar-refractivity contribution is 0.0393. The van der Waals surface area contributed by atoms with Crippen LogP contribution in [0, 0.1) is 6.92 Å². The zero-order chi connectivity index (χ0) is 17.5. The summed E-state index contributed by atoms with van der Waals surface area (Å²) in [6.45, 7) is 2.85. The first kappa shape index (κ1) is 18.5. The van der Waals surface area contributed by atoms with Crippen molar-refractivity contribution in [3.05, 3.63) is 16.8 Å². The van der Waals surface area contributed by atoms with Gasteiger partial charge in [-0.2, -0.15) is 0 Å². The van der Waals surface area contributed by atoms with Crippen LogP contribution < -0.4 is 4.90 Å². The first-order valence-corrected chi connectivity index (χ1v) is 8.32. The maximum Gasteiger partial charge on any atom is 0.348 e. The van der Waals surface area contributed by atoms with E-state index in [1.165, 1.54) is 24.8 Å². The predicted molar refractivity (Wildman–Crippen MR) is 90.7 cm³/mol. The minimum absolute atomic E-state index is 0.0689. The minimum Gasteiger partial charge on any atom is -0.459 e. The van der Waals surface area contributed by atoms with Crippen LogP contribution in [-0.2, 0) is 9.47 Å². The molecular formula is C15H21N3O5S. The van der Waals surface area contributed by atoms with Crippen molar-refractivity contribution < 1.29 is 24.5 Å². The molecule has 0 fully saturated rings. The van der Waals surface area contributed by atoms with Gasteiger partial charge in [-0.15, -0.1) is 11.3 Å². The third-order valence-electron chi connectivity index (χ3n) is 3.45. The Morgan fingerprint density at radius 1 is 1.25 bits per heavy atom. The van der Waals surface area contributed by atoms with Gasteiger partial charge in [0.15, 0.2) is 0 Å². The number of rotatable bonds is 9. The molecule has 2 aromatic heterocycles. The summed E-state index contributed by atoms with van der Waals surface area (Å²) < 4.78 is 10.1. The number of carbonyl (C=O) groups is 1. The van der Waals surface area contributed by atoms with Crippen LogP contribution in [0.5, 0.6) is 0 Å². The van der Waals surface area contributed by atoms with E-state index in [-0.39, 0.29) is 19.8 Å². The van der Waals surface area contributed by atoms with Crippen molar-refractivity contribution in [1.82, 2.24) is 9.97 Å². The second kappa shape index (κ2) is 8.88. The number of thiophene rings is 1. The highest BCUT2D eigenvalue weighted by Crippen LogP contribution is 2.35. The molecule has 0 aromatic carbocycles. The molecule has 0 bridgehead atoms. The molecule has 0 atom stereocenters. The number of anilines is 1. The number of fused-ring (bicyclic) bond motifs is 1. The van der Waals surface area contributed by atoms with E-state index in [0.29, 0.717) is 35.2 Å². The smallest absolute Gasteiger partial charge is 0.348 e. The van der Waals surface area contributed by atoms with Gasteiger partial charge in [0, 0.05) is 20.2 Å². The maximum atomic E-state index is 12.2. The van der Waals surface area contributed by atoms with E-state index < -0.39 is 5.97 Å². The summed E-state index contributed by atoms with van der Waals surface area (Å²) >= 11 is 1.24. The normalized spacial score (nSPS) is 11.0. The highest BCUT2D eigenvalue weighted by Gasteiger charge is 2.22. The molecule has 0 aliphatic heterocycles. The number of aromatic nitrogens is 2. The van der Waals surface area contributed by atoms with E-state index in [2.05, 4.69) is 9.97 Å². The summed E-state index contributed by atoms with van der Waals surface area (Å²) in [5, 5.41) is 19.2. The summed E-state index contributed by atoms with van der Waals surface area (Å²) in [7, 11) is 1.54. The molecule has 2 heterocycles. The number of hydrogen-bond donors (Lipinski definition) is 2. The van der Waals surface area contributed by atoms with E-state index in [9.17, 15) is 15.0 Å². The van der Waals surface area contributed by atoms with Gasteiger partial charge >= 0.3 is 5.97 Å². The maximum absolute atomic E-state index is 12.2. The zero-order valence-electron chi connectivity index (χ0n) is 13.7. The first-order valence-electron chi connectivity index (χ1n) is 7.50. The van der Waals surface area contributed by atoms with Crippen molar-refractivity contribution in [3.63, 3.8) is 0 Å². The number of esters is 1. The number of aliphatic hydroxyl groups is 2. The average molecular weight is 355 g/mol. The Morgan fingerprint density at radius 2 is 1.96 bits per heavy atom. The number of nitrogens with zero attached hydrogens (tertiary/aromatic N) is 3. The lowest BCUT2D eigenvalue weighted by Gasteiger charge is -2.22. The van der Waals surface area contributed by atoms with Gasteiger partial charge in [0.1, 0.15) is 28.5 Å². The Kier molecular flexibility index (Phi) is 6.85. The van der Waals surface area contributed by atoms with Crippen molar-refractivity contribution >= 4 is 33.3 Å². The number of ether oxygens (including phenoxy) is 2. The van der Waals surface area contributed by atoms with E-state index in [0.717, 1.165) is 10.9 Å². The lowest BCUT2D eigenvalue weighted by Crippen LogP contribution is -2.30. The van der Waals surface area contributed by atoms with Gasteiger partial charge in [0.25, 0.3) is 0 Å². The molecule has 0 unspecified atom stereocenters. The quantitative estimate of drug-likeness (QED) is 0.497. The number of aliphatic hydroxyl groups excluding tert-OH is 2. The number of carbonyl (C=O) groups excluding carboxylic acids is 1. The van der Waals surface area contributed by atoms with Crippen LogP contribution >= 0.6 is 11.3 Å². The Hall–Kier alpha value is -1.81. The fourth-order valence-corrected chi connectivity index (χ4v) is 3.37.